The van der Waals surface area contributed by atoms with Gasteiger partial charge in [-0.3, -0.25) is 4.79 Å². The molecule has 0 saturated carbocycles. The van der Waals surface area contributed by atoms with E-state index in [-0.39, 0.29) is 5.56 Å². The number of hydrogen-bond donors (Lipinski definition) is 2. The first kappa shape index (κ1) is 13.3. The molecule has 2 N–H and O–H groups in total. The van der Waals surface area contributed by atoms with Crippen molar-refractivity contribution in [2.75, 3.05) is 5.32 Å². The van der Waals surface area contributed by atoms with E-state index in [0.717, 1.165) is 15.7 Å². The Balaban J connectivity index is 1.84. The Labute approximate surface area is 128 Å². The molecule has 6 heteroatoms. The lowest BCUT2D eigenvalue weighted by atomic mass is 10.2. The van der Waals surface area contributed by atoms with Crippen molar-refractivity contribution in [1.82, 2.24) is 9.97 Å². The van der Waals surface area contributed by atoms with Crippen molar-refractivity contribution < 1.29 is 0 Å². The van der Waals surface area contributed by atoms with Crippen LogP contribution < -0.4 is 10.9 Å². The largest absolute Gasteiger partial charge is 0.377 e. The van der Waals surface area contributed by atoms with Crippen LogP contribution >= 0.6 is 27.3 Å². The molecule has 2 heterocycles. The number of fused-ring (bicyclic) bond motifs is 1. The highest BCUT2D eigenvalue weighted by molar-refractivity contribution is 9.10. The van der Waals surface area contributed by atoms with Crippen molar-refractivity contribution in [2.24, 2.45) is 0 Å². The van der Waals surface area contributed by atoms with Gasteiger partial charge < -0.3 is 10.3 Å². The van der Waals surface area contributed by atoms with Crippen LogP contribution in [0.25, 0.3) is 10.2 Å². The van der Waals surface area contributed by atoms with Crippen LogP contribution in [0, 0.1) is 6.92 Å². The number of halogens is 1. The summed E-state index contributed by atoms with van der Waals surface area (Å²) in [5.41, 5.74) is 2.83. The molecule has 0 unspecified atom stereocenters. The molecule has 1 aromatic carbocycles. The molecular formula is C14H12BrN3OS. The van der Waals surface area contributed by atoms with Gasteiger partial charge in [0.25, 0.3) is 5.56 Å². The van der Waals surface area contributed by atoms with E-state index in [1.165, 1.54) is 16.9 Å². The Hall–Kier alpha value is -1.66. The summed E-state index contributed by atoms with van der Waals surface area (Å²) in [6.07, 6.45) is 0. The second-order valence-corrected chi connectivity index (χ2v) is 6.25. The summed E-state index contributed by atoms with van der Waals surface area (Å²) in [7, 11) is 0. The normalized spacial score (nSPS) is 10.9. The Kier molecular flexibility index (Phi) is 3.58. The maximum absolute atomic E-state index is 11.9. The third kappa shape index (κ3) is 2.62. The van der Waals surface area contributed by atoms with Crippen LogP contribution in [-0.4, -0.2) is 9.97 Å². The second kappa shape index (κ2) is 5.38. The van der Waals surface area contributed by atoms with Gasteiger partial charge in [0.15, 0.2) is 0 Å². The highest BCUT2D eigenvalue weighted by Crippen LogP contribution is 2.23. The van der Waals surface area contributed by atoms with Crippen LogP contribution in [0.1, 0.15) is 11.4 Å². The van der Waals surface area contributed by atoms with Crippen LogP contribution in [0.2, 0.25) is 0 Å². The van der Waals surface area contributed by atoms with Gasteiger partial charge in [0.2, 0.25) is 0 Å². The topological polar surface area (TPSA) is 57.8 Å². The fraction of sp³-hybridized carbons (Fsp3) is 0.143. The number of aryl methyl sites for hydroxylation is 1. The number of aromatic amines is 1. The SMILES string of the molecule is Cc1ccc(NCc2nc3ccsc3c(=O)[nH]2)c(Br)c1. The molecule has 0 aliphatic rings. The molecule has 0 aliphatic heterocycles. The molecule has 3 rings (SSSR count). The van der Waals surface area contributed by atoms with Gasteiger partial charge in [-0.2, -0.15) is 0 Å². The van der Waals surface area contributed by atoms with E-state index in [0.29, 0.717) is 17.1 Å². The number of nitrogens with one attached hydrogen (secondary N) is 2. The van der Waals surface area contributed by atoms with Gasteiger partial charge in [0.05, 0.1) is 12.1 Å². The molecule has 0 aliphatic carbocycles. The van der Waals surface area contributed by atoms with Crippen molar-refractivity contribution in [1.29, 1.82) is 0 Å². The summed E-state index contributed by atoms with van der Waals surface area (Å²) in [5.74, 6) is 0.633. The van der Waals surface area contributed by atoms with Crippen molar-refractivity contribution in [3.8, 4) is 0 Å². The summed E-state index contributed by atoms with van der Waals surface area (Å²) >= 11 is 4.92. The molecule has 3 aromatic rings. The third-order valence-corrected chi connectivity index (χ3v) is 4.49. The number of rotatable bonds is 3. The number of nitrogens with zero attached hydrogens (tertiary/aromatic N) is 1. The second-order valence-electron chi connectivity index (χ2n) is 4.48. The average Bonchev–Trinajstić information content (AvgIpc) is 2.86. The summed E-state index contributed by atoms with van der Waals surface area (Å²) in [6, 6.07) is 7.94. The Bertz CT molecular complexity index is 825. The van der Waals surface area contributed by atoms with Crippen molar-refractivity contribution >= 4 is 43.2 Å². The predicted molar refractivity (Wildman–Crippen MR) is 86.4 cm³/mol. The molecule has 102 valence electrons. The van der Waals surface area contributed by atoms with Gasteiger partial charge >= 0.3 is 0 Å². The fourth-order valence-corrected chi connectivity index (χ4v) is 3.31. The van der Waals surface area contributed by atoms with Crippen molar-refractivity contribution in [2.45, 2.75) is 13.5 Å². The zero-order valence-corrected chi connectivity index (χ0v) is 13.1. The lowest BCUT2D eigenvalue weighted by Crippen LogP contribution is -2.13. The molecule has 0 radical (unpaired) electrons. The van der Waals surface area contributed by atoms with Crippen LogP contribution in [0.3, 0.4) is 0 Å². The Morgan fingerprint density at radius 1 is 1.40 bits per heavy atom. The van der Waals surface area contributed by atoms with Gasteiger partial charge in [0, 0.05) is 10.2 Å². The molecule has 4 nitrogen and oxygen atoms in total. The smallest absolute Gasteiger partial charge is 0.268 e. The monoisotopic (exact) mass is 349 g/mol. The highest BCUT2D eigenvalue weighted by atomic mass is 79.9. The first-order valence-electron chi connectivity index (χ1n) is 6.10. The number of H-pyrrole nitrogens is 1. The standard InChI is InChI=1S/C14H12BrN3OS/c1-8-2-3-10(9(15)6-8)16-7-12-17-11-4-5-20-13(11)14(19)18-12/h2-6,16H,7H2,1H3,(H,17,18,19). The minimum absolute atomic E-state index is 0.0789. The number of aromatic nitrogens is 2. The van der Waals surface area contributed by atoms with Gasteiger partial charge in [0.1, 0.15) is 10.5 Å². The van der Waals surface area contributed by atoms with Crippen LogP contribution in [0.15, 0.2) is 38.9 Å². The van der Waals surface area contributed by atoms with Crippen LogP contribution in [-0.2, 0) is 6.54 Å². The first-order chi connectivity index (χ1) is 9.63. The summed E-state index contributed by atoms with van der Waals surface area (Å²) < 4.78 is 1.67. The van der Waals surface area contributed by atoms with E-state index in [4.69, 9.17) is 0 Å². The lowest BCUT2D eigenvalue weighted by Gasteiger charge is -2.08. The minimum atomic E-state index is -0.0789. The molecule has 0 amide bonds. The maximum atomic E-state index is 11.9. The number of anilines is 1. The lowest BCUT2D eigenvalue weighted by molar-refractivity contribution is 0.955. The van der Waals surface area contributed by atoms with Gasteiger partial charge in [-0.05, 0) is 52.0 Å². The predicted octanol–water partition coefficient (Wildman–Crippen LogP) is 3.67. The van der Waals surface area contributed by atoms with E-state index in [2.05, 4.69) is 31.2 Å². The number of benzene rings is 1. The number of thiophene rings is 1. The maximum Gasteiger partial charge on any atom is 0.268 e. The van der Waals surface area contributed by atoms with E-state index in [1.807, 2.05) is 36.6 Å². The molecular weight excluding hydrogens is 338 g/mol. The summed E-state index contributed by atoms with van der Waals surface area (Å²) in [6.45, 7) is 2.51. The highest BCUT2D eigenvalue weighted by Gasteiger charge is 2.05. The van der Waals surface area contributed by atoms with E-state index in [1.54, 1.807) is 0 Å². The van der Waals surface area contributed by atoms with Gasteiger partial charge in [-0.25, -0.2) is 4.98 Å². The quantitative estimate of drug-likeness (QED) is 0.758. The van der Waals surface area contributed by atoms with Crippen molar-refractivity contribution in [3.63, 3.8) is 0 Å². The third-order valence-electron chi connectivity index (χ3n) is 2.93. The molecule has 0 fully saturated rings. The van der Waals surface area contributed by atoms with Gasteiger partial charge in [-0.15, -0.1) is 11.3 Å². The minimum Gasteiger partial charge on any atom is -0.377 e. The molecule has 20 heavy (non-hydrogen) atoms. The van der Waals surface area contributed by atoms with E-state index < -0.39 is 0 Å². The fourth-order valence-electron chi connectivity index (χ4n) is 1.95. The van der Waals surface area contributed by atoms with Crippen LogP contribution in [0.5, 0.6) is 0 Å². The van der Waals surface area contributed by atoms with E-state index >= 15 is 0 Å². The average molecular weight is 350 g/mol. The zero-order chi connectivity index (χ0) is 14.1. The molecule has 0 saturated heterocycles. The molecule has 2 aromatic heterocycles. The molecule has 0 atom stereocenters. The zero-order valence-electron chi connectivity index (χ0n) is 10.7. The first-order valence-corrected chi connectivity index (χ1v) is 7.77. The Morgan fingerprint density at radius 3 is 3.05 bits per heavy atom. The van der Waals surface area contributed by atoms with E-state index in [9.17, 15) is 4.79 Å². The summed E-state index contributed by atoms with van der Waals surface area (Å²) in [5, 5.41) is 5.14. The van der Waals surface area contributed by atoms with Crippen LogP contribution in [0.4, 0.5) is 5.69 Å². The van der Waals surface area contributed by atoms with Crippen molar-refractivity contribution in [3.05, 3.63) is 55.9 Å². The van der Waals surface area contributed by atoms with Gasteiger partial charge in [-0.1, -0.05) is 6.07 Å². The summed E-state index contributed by atoms with van der Waals surface area (Å²) in [4.78, 5) is 19.1. The Morgan fingerprint density at radius 2 is 2.25 bits per heavy atom. The molecule has 0 spiro atoms. The molecule has 0 bridgehead atoms. The number of hydrogen-bond acceptors (Lipinski definition) is 4.